The van der Waals surface area contributed by atoms with Gasteiger partial charge in [-0.1, -0.05) is 60.7 Å². The van der Waals surface area contributed by atoms with Gasteiger partial charge in [-0.25, -0.2) is 0 Å². The van der Waals surface area contributed by atoms with Crippen molar-refractivity contribution in [2.45, 2.75) is 39.2 Å². The third-order valence-corrected chi connectivity index (χ3v) is 6.73. The highest BCUT2D eigenvalue weighted by molar-refractivity contribution is 5.99. The van der Waals surface area contributed by atoms with Crippen molar-refractivity contribution in [3.63, 3.8) is 0 Å². The molecule has 2 aromatic carbocycles. The lowest BCUT2D eigenvalue weighted by Crippen LogP contribution is -2.42. The van der Waals surface area contributed by atoms with Crippen LogP contribution < -0.4 is 5.32 Å². The molecule has 2 atom stereocenters. The lowest BCUT2D eigenvalue weighted by molar-refractivity contribution is -0.158. The van der Waals surface area contributed by atoms with E-state index in [-0.39, 0.29) is 24.8 Å². The number of carbonyl (C=O) groups is 3. The van der Waals surface area contributed by atoms with Crippen LogP contribution in [0.2, 0.25) is 0 Å². The van der Waals surface area contributed by atoms with E-state index in [2.05, 4.69) is 17.4 Å². The van der Waals surface area contributed by atoms with E-state index in [4.69, 9.17) is 4.74 Å². The van der Waals surface area contributed by atoms with E-state index in [9.17, 15) is 14.4 Å². The van der Waals surface area contributed by atoms with E-state index < -0.39 is 17.3 Å². The number of rotatable bonds is 7. The molecule has 0 radical (unpaired) electrons. The fourth-order valence-electron chi connectivity index (χ4n) is 5.09. The fourth-order valence-corrected chi connectivity index (χ4v) is 5.09. The lowest BCUT2D eigenvalue weighted by Gasteiger charge is -2.35. The fraction of sp³-hybridized carbons (Fsp3) is 0.370. The first-order valence-electron chi connectivity index (χ1n) is 11.6. The Labute approximate surface area is 194 Å². The number of hydrogen-bond donors (Lipinski definition) is 1. The van der Waals surface area contributed by atoms with E-state index in [0.717, 1.165) is 29.5 Å². The van der Waals surface area contributed by atoms with E-state index in [1.165, 1.54) is 0 Å². The smallest absolute Gasteiger partial charge is 0.318 e. The van der Waals surface area contributed by atoms with E-state index in [0.29, 0.717) is 18.7 Å². The zero-order valence-electron chi connectivity index (χ0n) is 19.2. The first kappa shape index (κ1) is 22.8. The molecule has 0 saturated carbocycles. The molecule has 1 N–H and O–H groups in total. The van der Waals surface area contributed by atoms with Crippen molar-refractivity contribution in [1.29, 1.82) is 0 Å². The molecule has 172 valence electrons. The number of carbonyl (C=O) groups excluding carboxylic acids is 3. The van der Waals surface area contributed by atoms with E-state index >= 15 is 0 Å². The van der Waals surface area contributed by atoms with Crippen LogP contribution in [0.15, 0.2) is 66.4 Å². The number of likely N-dealkylation sites (tertiary alicyclic amines) is 1. The number of ether oxygens (including phenoxy) is 1. The summed E-state index contributed by atoms with van der Waals surface area (Å²) in [6, 6.07) is 18.2. The van der Waals surface area contributed by atoms with Crippen LogP contribution in [-0.2, 0) is 25.7 Å². The number of esters is 1. The summed E-state index contributed by atoms with van der Waals surface area (Å²) in [6.45, 7) is 2.35. The minimum absolute atomic E-state index is 0.0328. The van der Waals surface area contributed by atoms with Gasteiger partial charge in [0.15, 0.2) is 0 Å². The van der Waals surface area contributed by atoms with Crippen molar-refractivity contribution in [2.75, 3.05) is 13.7 Å². The van der Waals surface area contributed by atoms with Crippen LogP contribution in [0.3, 0.4) is 0 Å². The van der Waals surface area contributed by atoms with Crippen molar-refractivity contribution in [3.8, 4) is 11.1 Å². The lowest BCUT2D eigenvalue weighted by atomic mass is 9.68. The zero-order valence-corrected chi connectivity index (χ0v) is 19.2. The number of nitrogens with one attached hydrogen (secondary N) is 1. The maximum Gasteiger partial charge on any atom is 0.318 e. The molecule has 1 heterocycles. The zero-order chi connectivity index (χ0) is 23.4. The van der Waals surface area contributed by atoms with Gasteiger partial charge >= 0.3 is 5.97 Å². The maximum atomic E-state index is 13.6. The van der Waals surface area contributed by atoms with Crippen LogP contribution >= 0.6 is 0 Å². The molecule has 1 fully saturated rings. The third-order valence-electron chi connectivity index (χ3n) is 6.73. The Kier molecular flexibility index (Phi) is 6.63. The Morgan fingerprint density at radius 3 is 2.45 bits per heavy atom. The molecule has 2 unspecified atom stereocenters. The molecule has 33 heavy (non-hydrogen) atoms. The predicted molar refractivity (Wildman–Crippen MR) is 126 cm³/mol. The predicted octanol–water partition coefficient (Wildman–Crippen LogP) is 4.07. The van der Waals surface area contributed by atoms with Gasteiger partial charge in [0.25, 0.3) is 0 Å². The van der Waals surface area contributed by atoms with Crippen LogP contribution in [0.4, 0.5) is 0 Å². The first-order chi connectivity index (χ1) is 16.0. The molecule has 6 heteroatoms. The van der Waals surface area contributed by atoms with Crippen molar-refractivity contribution >= 4 is 17.8 Å². The molecule has 0 bridgehead atoms. The van der Waals surface area contributed by atoms with Crippen LogP contribution in [0, 0.1) is 11.3 Å². The standard InChI is InChI=1S/C27H30N2O4/c1-3-33-26(32)27-16-8-7-11-23(27)29(25(31)22(27)17-24(30)28-2)18-19-12-14-21(15-13-19)20-9-5-4-6-10-20/h4-6,9-15,22H,3,7-8,16-18H2,1-2H3,(H,28,30). The molecular formula is C27H30N2O4. The van der Waals surface area contributed by atoms with Gasteiger partial charge in [0.2, 0.25) is 11.8 Å². The summed E-state index contributed by atoms with van der Waals surface area (Å²) in [4.78, 5) is 40.9. The van der Waals surface area contributed by atoms with Gasteiger partial charge in [0.05, 0.1) is 19.1 Å². The van der Waals surface area contributed by atoms with Crippen molar-refractivity contribution in [3.05, 3.63) is 71.9 Å². The minimum atomic E-state index is -1.10. The monoisotopic (exact) mass is 446 g/mol. The number of benzene rings is 2. The van der Waals surface area contributed by atoms with Crippen LogP contribution in [0.1, 0.15) is 38.2 Å². The summed E-state index contributed by atoms with van der Waals surface area (Å²) >= 11 is 0. The van der Waals surface area contributed by atoms with Crippen LogP contribution in [0.5, 0.6) is 0 Å². The first-order valence-corrected chi connectivity index (χ1v) is 11.6. The molecule has 6 nitrogen and oxygen atoms in total. The summed E-state index contributed by atoms with van der Waals surface area (Å²) < 4.78 is 5.45. The molecule has 4 rings (SSSR count). The molecule has 2 amide bonds. The van der Waals surface area contributed by atoms with Gasteiger partial charge in [-0.05, 0) is 42.9 Å². The summed E-state index contributed by atoms with van der Waals surface area (Å²) in [5.74, 6) is -1.60. The highest BCUT2D eigenvalue weighted by atomic mass is 16.5. The Morgan fingerprint density at radius 1 is 1.09 bits per heavy atom. The van der Waals surface area contributed by atoms with E-state index in [1.54, 1.807) is 18.9 Å². The molecule has 1 saturated heterocycles. The van der Waals surface area contributed by atoms with Crippen LogP contribution in [-0.4, -0.2) is 36.3 Å². The summed E-state index contributed by atoms with van der Waals surface area (Å²) in [6.07, 6.45) is 4.03. The van der Waals surface area contributed by atoms with Crippen molar-refractivity contribution < 1.29 is 19.1 Å². The average Bonchev–Trinajstić information content (AvgIpc) is 3.08. The van der Waals surface area contributed by atoms with Gasteiger partial charge in [-0.3, -0.25) is 14.4 Å². The Balaban J connectivity index is 1.66. The van der Waals surface area contributed by atoms with Gasteiger partial charge in [-0.15, -0.1) is 0 Å². The normalized spacial score (nSPS) is 21.9. The molecule has 0 spiro atoms. The molecule has 2 aliphatic rings. The molecule has 1 aliphatic heterocycles. The second kappa shape index (κ2) is 9.61. The SMILES string of the molecule is CCOC(=O)C12CCCC=C1N(Cc1ccc(-c3ccccc3)cc1)C(=O)C2CC(=O)NC. The second-order valence-electron chi connectivity index (χ2n) is 8.59. The summed E-state index contributed by atoms with van der Waals surface area (Å²) in [7, 11) is 1.54. The molecule has 2 aromatic rings. The molecular weight excluding hydrogens is 416 g/mol. The molecule has 1 aliphatic carbocycles. The number of hydrogen-bond acceptors (Lipinski definition) is 4. The van der Waals surface area contributed by atoms with Gasteiger partial charge in [0.1, 0.15) is 5.41 Å². The number of nitrogens with zero attached hydrogens (tertiary/aromatic N) is 1. The number of fused-ring (bicyclic) bond motifs is 1. The van der Waals surface area contributed by atoms with Gasteiger partial charge in [0, 0.05) is 19.2 Å². The highest BCUT2D eigenvalue weighted by Gasteiger charge is 2.62. The van der Waals surface area contributed by atoms with Crippen molar-refractivity contribution in [1.82, 2.24) is 10.2 Å². The van der Waals surface area contributed by atoms with Gasteiger partial charge < -0.3 is 15.0 Å². The summed E-state index contributed by atoms with van der Waals surface area (Å²) in [5.41, 5.74) is 2.79. The highest BCUT2D eigenvalue weighted by Crippen LogP contribution is 2.54. The Bertz CT molecular complexity index is 1060. The topological polar surface area (TPSA) is 75.7 Å². The van der Waals surface area contributed by atoms with Crippen molar-refractivity contribution in [2.24, 2.45) is 11.3 Å². The number of amides is 2. The molecule has 0 aromatic heterocycles. The van der Waals surface area contributed by atoms with Crippen LogP contribution in [0.25, 0.3) is 11.1 Å². The summed E-state index contributed by atoms with van der Waals surface area (Å²) in [5, 5.41) is 2.60. The Hall–Kier alpha value is -3.41. The second-order valence-corrected chi connectivity index (χ2v) is 8.59. The largest absolute Gasteiger partial charge is 0.465 e. The Morgan fingerprint density at radius 2 is 1.79 bits per heavy atom. The maximum absolute atomic E-state index is 13.6. The quantitative estimate of drug-likeness (QED) is 0.651. The number of allylic oxidation sites excluding steroid dienone is 1. The third kappa shape index (κ3) is 4.17. The average molecular weight is 447 g/mol. The van der Waals surface area contributed by atoms with Gasteiger partial charge in [-0.2, -0.15) is 0 Å². The minimum Gasteiger partial charge on any atom is -0.465 e. The van der Waals surface area contributed by atoms with E-state index in [1.807, 2.05) is 48.5 Å².